The van der Waals surface area contributed by atoms with E-state index in [1.165, 1.54) is 39.0 Å². The maximum Gasteiger partial charge on any atom is 0.254 e. The average Bonchev–Trinajstić information content (AvgIpc) is 3.36. The highest BCUT2D eigenvalue weighted by Gasteiger charge is 2.46. The van der Waals surface area contributed by atoms with Crippen molar-refractivity contribution in [1.29, 1.82) is 10.7 Å². The van der Waals surface area contributed by atoms with E-state index in [-0.39, 0.29) is 34.4 Å². The van der Waals surface area contributed by atoms with Crippen LogP contribution in [0, 0.1) is 34.9 Å². The standard InChI is InChI=1S/C30H32ClFN4O4/c1-17(34)13-22(15-37)40-25-11-9-23(27(32)18(25)2)28(38)35-19(3)29(39)36-24(20-7-6-8-21(31)14-20)10-12-26(36)30(4,5)16-33/h6-9,11,13-15,19,24,26,34H,10,12H2,1-5H3,(H,35,38)/b22-13+,34-17?/t19-,24?,26?/m1/s1. The quantitative estimate of drug-likeness (QED) is 0.175. The van der Waals surface area contributed by atoms with Crippen molar-refractivity contribution in [3.63, 3.8) is 0 Å². The van der Waals surface area contributed by atoms with Gasteiger partial charge in [0, 0.05) is 22.4 Å². The molecule has 0 bridgehead atoms. The molecular formula is C30H32ClFN4O4. The summed E-state index contributed by atoms with van der Waals surface area (Å²) >= 11 is 6.21. The van der Waals surface area contributed by atoms with E-state index in [9.17, 15) is 19.6 Å². The van der Waals surface area contributed by atoms with Crippen molar-refractivity contribution in [2.45, 2.75) is 65.6 Å². The van der Waals surface area contributed by atoms with Crippen LogP contribution in [0.15, 0.2) is 48.2 Å². The molecule has 8 nitrogen and oxygen atoms in total. The first-order valence-corrected chi connectivity index (χ1v) is 13.2. The molecular weight excluding hydrogens is 535 g/mol. The summed E-state index contributed by atoms with van der Waals surface area (Å²) in [7, 11) is 0. The maximum absolute atomic E-state index is 15.2. The Morgan fingerprint density at radius 3 is 2.60 bits per heavy atom. The molecule has 2 aromatic carbocycles. The molecule has 2 N–H and O–H groups in total. The van der Waals surface area contributed by atoms with E-state index >= 15 is 4.39 Å². The fraction of sp³-hybridized carbons (Fsp3) is 0.367. The molecule has 1 aliphatic rings. The van der Waals surface area contributed by atoms with Crippen LogP contribution in [-0.2, 0) is 9.59 Å². The third-order valence-corrected chi connectivity index (χ3v) is 7.23. The van der Waals surface area contributed by atoms with Crippen molar-refractivity contribution in [3.8, 4) is 11.8 Å². The number of carbonyl (C=O) groups excluding carboxylic acids is 3. The zero-order chi connectivity index (χ0) is 29.8. The van der Waals surface area contributed by atoms with Gasteiger partial charge in [0.2, 0.25) is 5.91 Å². The normalized spacial score (nSPS) is 18.1. The van der Waals surface area contributed by atoms with Crippen LogP contribution in [0.2, 0.25) is 5.02 Å². The molecule has 0 saturated carbocycles. The largest absolute Gasteiger partial charge is 0.453 e. The van der Waals surface area contributed by atoms with Crippen LogP contribution in [-0.4, -0.2) is 40.8 Å². The number of nitrogens with one attached hydrogen (secondary N) is 2. The summed E-state index contributed by atoms with van der Waals surface area (Å²) in [6.45, 7) is 7.92. The minimum absolute atomic E-state index is 0.0146. The number of carbonyl (C=O) groups is 3. The van der Waals surface area contributed by atoms with Gasteiger partial charge >= 0.3 is 0 Å². The Hall–Kier alpha value is -4.03. The van der Waals surface area contributed by atoms with Crippen LogP contribution in [0.4, 0.5) is 4.39 Å². The van der Waals surface area contributed by atoms with Crippen LogP contribution in [0.5, 0.6) is 5.75 Å². The highest BCUT2D eigenvalue weighted by atomic mass is 35.5. The molecule has 2 aromatic rings. The third kappa shape index (κ3) is 6.57. The number of likely N-dealkylation sites (tertiary alicyclic amines) is 1. The topological polar surface area (TPSA) is 123 Å². The number of rotatable bonds is 9. The first-order valence-electron chi connectivity index (χ1n) is 12.8. The van der Waals surface area contributed by atoms with Gasteiger partial charge in [-0.3, -0.25) is 14.4 Å². The fourth-order valence-corrected chi connectivity index (χ4v) is 5.08. The number of ether oxygens (including phenoxy) is 1. The molecule has 0 aromatic heterocycles. The molecule has 40 heavy (non-hydrogen) atoms. The molecule has 0 radical (unpaired) electrons. The number of hydrogen-bond acceptors (Lipinski definition) is 6. The Morgan fingerprint density at radius 1 is 1.30 bits per heavy atom. The second kappa shape index (κ2) is 12.4. The van der Waals surface area contributed by atoms with Crippen molar-refractivity contribution in [3.05, 3.63) is 75.8 Å². The van der Waals surface area contributed by atoms with Gasteiger partial charge in [0.1, 0.15) is 17.6 Å². The number of allylic oxidation sites excluding steroid dienone is 2. The van der Waals surface area contributed by atoms with Crippen molar-refractivity contribution >= 4 is 35.4 Å². The second-order valence-electron chi connectivity index (χ2n) is 10.4. The van der Waals surface area contributed by atoms with Gasteiger partial charge in [-0.25, -0.2) is 4.39 Å². The molecule has 210 valence electrons. The van der Waals surface area contributed by atoms with Crippen molar-refractivity contribution in [2.75, 3.05) is 0 Å². The van der Waals surface area contributed by atoms with Gasteiger partial charge < -0.3 is 20.4 Å². The molecule has 2 unspecified atom stereocenters. The molecule has 2 amide bonds. The summed E-state index contributed by atoms with van der Waals surface area (Å²) in [4.78, 5) is 39.8. The highest BCUT2D eigenvalue weighted by Crippen LogP contribution is 2.43. The van der Waals surface area contributed by atoms with E-state index in [2.05, 4.69) is 11.4 Å². The van der Waals surface area contributed by atoms with Crippen molar-refractivity contribution in [1.82, 2.24) is 10.2 Å². The first kappa shape index (κ1) is 30.5. The van der Waals surface area contributed by atoms with E-state index in [0.717, 1.165) is 5.56 Å². The van der Waals surface area contributed by atoms with Gasteiger partial charge in [0.15, 0.2) is 12.0 Å². The zero-order valence-corrected chi connectivity index (χ0v) is 23.8. The molecule has 1 aliphatic heterocycles. The first-order chi connectivity index (χ1) is 18.8. The van der Waals surface area contributed by atoms with Gasteiger partial charge in [-0.05, 0) is 77.3 Å². The predicted molar refractivity (Wildman–Crippen MR) is 150 cm³/mol. The van der Waals surface area contributed by atoms with Crippen molar-refractivity contribution in [2.24, 2.45) is 5.41 Å². The summed E-state index contributed by atoms with van der Waals surface area (Å²) in [5.41, 5.74) is -0.262. The Balaban J connectivity index is 1.86. The Bertz CT molecular complexity index is 1410. The smallest absolute Gasteiger partial charge is 0.254 e. The lowest BCUT2D eigenvalue weighted by atomic mass is 9.84. The summed E-state index contributed by atoms with van der Waals surface area (Å²) in [6, 6.07) is 10.3. The van der Waals surface area contributed by atoms with E-state index < -0.39 is 35.1 Å². The molecule has 0 aliphatic carbocycles. The van der Waals surface area contributed by atoms with Crippen LogP contribution in [0.3, 0.4) is 0 Å². The second-order valence-corrected chi connectivity index (χ2v) is 10.9. The average molecular weight is 567 g/mol. The number of nitriles is 1. The Labute approximate surface area is 238 Å². The summed E-state index contributed by atoms with van der Waals surface area (Å²) in [5.74, 6) is -2.23. The molecule has 1 heterocycles. The number of halogens is 2. The lowest BCUT2D eigenvalue weighted by Crippen LogP contribution is -2.52. The molecule has 1 fully saturated rings. The molecule has 1 saturated heterocycles. The maximum atomic E-state index is 15.2. The highest BCUT2D eigenvalue weighted by molar-refractivity contribution is 6.30. The van der Waals surface area contributed by atoms with E-state index in [1.807, 2.05) is 6.07 Å². The van der Waals surface area contributed by atoms with E-state index in [4.69, 9.17) is 21.7 Å². The van der Waals surface area contributed by atoms with Gasteiger partial charge in [-0.15, -0.1) is 0 Å². The fourth-order valence-electron chi connectivity index (χ4n) is 4.88. The van der Waals surface area contributed by atoms with Gasteiger partial charge in [-0.2, -0.15) is 5.26 Å². The third-order valence-electron chi connectivity index (χ3n) is 7.00. The summed E-state index contributed by atoms with van der Waals surface area (Å²) < 4.78 is 20.6. The SMILES string of the molecule is CC(=N)/C=C(\C=O)Oc1ccc(C(=O)N[C@H](C)C(=O)N2C(c3cccc(Cl)c3)CCC2C(C)(C)C#N)c(F)c1C. The van der Waals surface area contributed by atoms with Crippen LogP contribution in [0.1, 0.15) is 68.1 Å². The van der Waals surface area contributed by atoms with E-state index in [0.29, 0.717) is 24.2 Å². The van der Waals surface area contributed by atoms with Crippen LogP contribution < -0.4 is 10.1 Å². The molecule has 0 spiro atoms. The van der Waals surface area contributed by atoms with Gasteiger partial charge in [-0.1, -0.05) is 23.7 Å². The minimum atomic E-state index is -1.03. The monoisotopic (exact) mass is 566 g/mol. The molecule has 3 rings (SSSR count). The number of hydrogen-bond donors (Lipinski definition) is 2. The molecule has 10 heteroatoms. The summed E-state index contributed by atoms with van der Waals surface area (Å²) in [6.07, 6.45) is 2.80. The van der Waals surface area contributed by atoms with Crippen LogP contribution in [0.25, 0.3) is 0 Å². The van der Waals surface area contributed by atoms with E-state index in [1.54, 1.807) is 36.9 Å². The summed E-state index contributed by atoms with van der Waals surface area (Å²) in [5, 5.41) is 20.4. The van der Waals surface area contributed by atoms with Crippen molar-refractivity contribution < 1.29 is 23.5 Å². The zero-order valence-electron chi connectivity index (χ0n) is 23.0. The van der Waals surface area contributed by atoms with Gasteiger partial charge in [0.05, 0.1) is 29.1 Å². The Morgan fingerprint density at radius 2 is 2.00 bits per heavy atom. The number of benzene rings is 2. The number of amides is 2. The van der Waals surface area contributed by atoms with Crippen LogP contribution >= 0.6 is 11.6 Å². The Kier molecular flexibility index (Phi) is 9.48. The number of aldehydes is 1. The lowest BCUT2D eigenvalue weighted by molar-refractivity contribution is -0.137. The molecule has 3 atom stereocenters. The lowest BCUT2D eigenvalue weighted by Gasteiger charge is -2.38. The number of nitrogens with zero attached hydrogens (tertiary/aromatic N) is 2. The minimum Gasteiger partial charge on any atom is -0.453 e. The predicted octanol–water partition coefficient (Wildman–Crippen LogP) is 5.69. The van der Waals surface area contributed by atoms with Gasteiger partial charge in [0.25, 0.3) is 5.91 Å².